The topological polar surface area (TPSA) is 38.7 Å². The fourth-order valence-electron chi connectivity index (χ4n) is 2.09. The Balaban J connectivity index is 2.71. The summed E-state index contributed by atoms with van der Waals surface area (Å²) in [5.74, 6) is 1.83. The molecule has 3 heteroatoms. The van der Waals surface area contributed by atoms with Crippen molar-refractivity contribution in [2.24, 2.45) is 5.92 Å². The Morgan fingerprint density at radius 3 is 2.44 bits per heavy atom. The summed E-state index contributed by atoms with van der Waals surface area (Å²) in [6, 6.07) is 5.95. The lowest BCUT2D eigenvalue weighted by molar-refractivity contribution is 0.215. The van der Waals surface area contributed by atoms with Crippen LogP contribution in [0.2, 0.25) is 0 Å². The van der Waals surface area contributed by atoms with Gasteiger partial charge < -0.3 is 14.6 Å². The molecular formula is C15H24O3. The lowest BCUT2D eigenvalue weighted by atomic mass is 9.95. The molecule has 3 nitrogen and oxygen atoms in total. The molecule has 0 fully saturated rings. The number of aliphatic hydroxyl groups excluding tert-OH is 1. The van der Waals surface area contributed by atoms with Crippen LogP contribution in [-0.4, -0.2) is 25.9 Å². The Bertz CT molecular complexity index is 350. The molecule has 18 heavy (non-hydrogen) atoms. The number of methoxy groups -OCH3 is 2. The number of aliphatic hydroxyl groups is 1. The third kappa shape index (κ3) is 4.22. The minimum Gasteiger partial charge on any atom is -0.493 e. The molecule has 0 aliphatic carbocycles. The van der Waals surface area contributed by atoms with Crippen molar-refractivity contribution in [2.75, 3.05) is 20.8 Å². The smallest absolute Gasteiger partial charge is 0.160 e. The van der Waals surface area contributed by atoms with Crippen LogP contribution in [0.4, 0.5) is 0 Å². The maximum absolute atomic E-state index is 9.39. The maximum Gasteiger partial charge on any atom is 0.160 e. The van der Waals surface area contributed by atoms with E-state index in [-0.39, 0.29) is 6.61 Å². The molecule has 1 aromatic carbocycles. The van der Waals surface area contributed by atoms with Gasteiger partial charge in [0.2, 0.25) is 0 Å². The molecule has 102 valence electrons. The lowest BCUT2D eigenvalue weighted by Crippen LogP contribution is -2.09. The van der Waals surface area contributed by atoms with Gasteiger partial charge in [-0.05, 0) is 36.5 Å². The molecule has 0 aliphatic heterocycles. The van der Waals surface area contributed by atoms with Crippen LogP contribution in [0.5, 0.6) is 11.5 Å². The molecular weight excluding hydrogens is 228 g/mol. The monoisotopic (exact) mass is 252 g/mol. The standard InChI is InChI=1S/C15H24O3/c1-4-5-6-13(11-16)9-12-7-8-14(17-2)15(10-12)18-3/h7-8,10,13,16H,4-6,9,11H2,1-3H3. The molecule has 1 N–H and O–H groups in total. The van der Waals surface area contributed by atoms with Crippen molar-refractivity contribution in [3.05, 3.63) is 23.8 Å². The van der Waals surface area contributed by atoms with Gasteiger partial charge in [0.15, 0.2) is 11.5 Å². The normalized spacial score (nSPS) is 12.2. The van der Waals surface area contributed by atoms with Gasteiger partial charge in [-0.3, -0.25) is 0 Å². The molecule has 1 atom stereocenters. The molecule has 0 spiro atoms. The summed E-state index contributed by atoms with van der Waals surface area (Å²) < 4.78 is 10.5. The van der Waals surface area contributed by atoms with Crippen LogP contribution in [0.1, 0.15) is 31.7 Å². The van der Waals surface area contributed by atoms with Crippen LogP contribution >= 0.6 is 0 Å². The third-order valence-corrected chi connectivity index (χ3v) is 3.20. The fraction of sp³-hybridized carbons (Fsp3) is 0.600. The van der Waals surface area contributed by atoms with E-state index in [1.54, 1.807) is 14.2 Å². The second-order valence-electron chi connectivity index (χ2n) is 4.58. The SMILES string of the molecule is CCCCC(CO)Cc1ccc(OC)c(OC)c1. The summed E-state index contributed by atoms with van der Waals surface area (Å²) in [6.45, 7) is 2.42. The van der Waals surface area contributed by atoms with Crippen LogP contribution in [0, 0.1) is 5.92 Å². The Hall–Kier alpha value is -1.22. The van der Waals surface area contributed by atoms with Crippen LogP contribution < -0.4 is 9.47 Å². The minimum atomic E-state index is 0.244. The molecule has 0 bridgehead atoms. The van der Waals surface area contributed by atoms with Crippen LogP contribution in [0.3, 0.4) is 0 Å². The van der Waals surface area contributed by atoms with E-state index < -0.39 is 0 Å². The van der Waals surface area contributed by atoms with Crippen molar-refractivity contribution in [3.8, 4) is 11.5 Å². The van der Waals surface area contributed by atoms with Gasteiger partial charge in [-0.2, -0.15) is 0 Å². The summed E-state index contributed by atoms with van der Waals surface area (Å²) in [7, 11) is 3.28. The third-order valence-electron chi connectivity index (χ3n) is 3.20. The van der Waals surface area contributed by atoms with Crippen LogP contribution in [-0.2, 0) is 6.42 Å². The molecule has 0 saturated heterocycles. The molecule has 0 heterocycles. The molecule has 0 saturated carbocycles. The van der Waals surface area contributed by atoms with Gasteiger partial charge in [0.05, 0.1) is 14.2 Å². The van der Waals surface area contributed by atoms with Gasteiger partial charge in [-0.15, -0.1) is 0 Å². The first-order valence-corrected chi connectivity index (χ1v) is 6.56. The highest BCUT2D eigenvalue weighted by atomic mass is 16.5. The van der Waals surface area contributed by atoms with Crippen molar-refractivity contribution in [1.29, 1.82) is 0 Å². The summed E-state index contributed by atoms with van der Waals surface area (Å²) in [5, 5.41) is 9.39. The van der Waals surface area contributed by atoms with Crippen molar-refractivity contribution in [3.63, 3.8) is 0 Å². The fourth-order valence-corrected chi connectivity index (χ4v) is 2.09. The zero-order chi connectivity index (χ0) is 13.4. The summed E-state index contributed by atoms with van der Waals surface area (Å²) in [4.78, 5) is 0. The number of unbranched alkanes of at least 4 members (excludes halogenated alkanes) is 1. The van der Waals surface area contributed by atoms with Crippen molar-refractivity contribution < 1.29 is 14.6 Å². The number of ether oxygens (including phenoxy) is 2. The van der Waals surface area contributed by atoms with Gasteiger partial charge in [-0.25, -0.2) is 0 Å². The zero-order valence-electron chi connectivity index (χ0n) is 11.6. The first-order chi connectivity index (χ1) is 8.74. The van der Waals surface area contributed by atoms with Crippen molar-refractivity contribution >= 4 is 0 Å². The predicted molar refractivity (Wildman–Crippen MR) is 73.4 cm³/mol. The Morgan fingerprint density at radius 1 is 1.17 bits per heavy atom. The molecule has 1 rings (SSSR count). The van der Waals surface area contributed by atoms with E-state index >= 15 is 0 Å². The number of benzene rings is 1. The van der Waals surface area contributed by atoms with Gasteiger partial charge >= 0.3 is 0 Å². The van der Waals surface area contributed by atoms with Gasteiger partial charge in [0, 0.05) is 6.61 Å². The summed E-state index contributed by atoms with van der Waals surface area (Å²) in [6.07, 6.45) is 4.29. The molecule has 1 aromatic rings. The van der Waals surface area contributed by atoms with Gasteiger partial charge in [-0.1, -0.05) is 25.8 Å². The first-order valence-electron chi connectivity index (χ1n) is 6.56. The van der Waals surface area contributed by atoms with E-state index in [0.29, 0.717) is 5.92 Å². The van der Waals surface area contributed by atoms with Crippen LogP contribution in [0.25, 0.3) is 0 Å². The Morgan fingerprint density at radius 2 is 1.89 bits per heavy atom. The quantitative estimate of drug-likeness (QED) is 0.773. The molecule has 0 aromatic heterocycles. The Labute approximate surface area is 110 Å². The van der Waals surface area contributed by atoms with Gasteiger partial charge in [0.1, 0.15) is 0 Å². The van der Waals surface area contributed by atoms with Crippen molar-refractivity contribution in [1.82, 2.24) is 0 Å². The first kappa shape index (κ1) is 14.8. The minimum absolute atomic E-state index is 0.244. The van der Waals surface area contributed by atoms with E-state index in [9.17, 15) is 5.11 Å². The second kappa shape index (κ2) is 7.98. The van der Waals surface area contributed by atoms with E-state index in [1.165, 1.54) is 18.4 Å². The molecule has 1 unspecified atom stereocenters. The molecule has 0 radical (unpaired) electrons. The maximum atomic E-state index is 9.39. The molecule has 0 aliphatic rings. The van der Waals surface area contributed by atoms with E-state index in [4.69, 9.17) is 9.47 Å². The average molecular weight is 252 g/mol. The lowest BCUT2D eigenvalue weighted by Gasteiger charge is -2.15. The predicted octanol–water partition coefficient (Wildman–Crippen LogP) is 3.05. The van der Waals surface area contributed by atoms with Crippen LogP contribution in [0.15, 0.2) is 18.2 Å². The number of hydrogen-bond donors (Lipinski definition) is 1. The highest BCUT2D eigenvalue weighted by Gasteiger charge is 2.10. The highest BCUT2D eigenvalue weighted by Crippen LogP contribution is 2.29. The van der Waals surface area contributed by atoms with E-state index in [2.05, 4.69) is 6.92 Å². The summed E-state index contributed by atoms with van der Waals surface area (Å²) >= 11 is 0. The zero-order valence-corrected chi connectivity index (χ0v) is 11.6. The largest absolute Gasteiger partial charge is 0.493 e. The number of rotatable bonds is 8. The average Bonchev–Trinajstić information content (AvgIpc) is 2.43. The van der Waals surface area contributed by atoms with Gasteiger partial charge in [0.25, 0.3) is 0 Å². The van der Waals surface area contributed by atoms with Crippen molar-refractivity contribution in [2.45, 2.75) is 32.6 Å². The second-order valence-corrected chi connectivity index (χ2v) is 4.58. The Kier molecular flexibility index (Phi) is 6.58. The molecule has 0 amide bonds. The number of hydrogen-bond acceptors (Lipinski definition) is 3. The van der Waals surface area contributed by atoms with E-state index in [1.807, 2.05) is 18.2 Å². The summed E-state index contributed by atoms with van der Waals surface area (Å²) in [5.41, 5.74) is 1.18. The van der Waals surface area contributed by atoms with E-state index in [0.717, 1.165) is 24.3 Å². The highest BCUT2D eigenvalue weighted by molar-refractivity contribution is 5.42.